The van der Waals surface area contributed by atoms with E-state index in [1.807, 2.05) is 5.38 Å². The van der Waals surface area contributed by atoms with E-state index in [0.717, 1.165) is 4.57 Å². The standard InChI is InChI=1S/C15H11F3N6S/c16-15(17,18)9-24-11(22-10-2-1-3-19-12(10)24)8-23-6-4-20-13(23)14-21-5-7-25-14/h1-7H,8-9H2. The molecular formula is C15H11F3N6S. The van der Waals surface area contributed by atoms with Crippen molar-refractivity contribution >= 4 is 22.5 Å². The summed E-state index contributed by atoms with van der Waals surface area (Å²) in [6.45, 7) is -1.00. The van der Waals surface area contributed by atoms with E-state index in [4.69, 9.17) is 0 Å². The first kappa shape index (κ1) is 15.8. The van der Waals surface area contributed by atoms with Gasteiger partial charge in [-0.05, 0) is 12.1 Å². The molecule has 10 heteroatoms. The Bertz CT molecular complexity index is 1000. The largest absolute Gasteiger partial charge is 0.406 e. The van der Waals surface area contributed by atoms with E-state index in [9.17, 15) is 13.2 Å². The van der Waals surface area contributed by atoms with Gasteiger partial charge in [-0.2, -0.15) is 13.2 Å². The zero-order valence-corrected chi connectivity index (χ0v) is 13.5. The van der Waals surface area contributed by atoms with Crippen molar-refractivity contribution in [3.05, 3.63) is 48.1 Å². The second-order valence-corrected chi connectivity index (χ2v) is 6.19. The third kappa shape index (κ3) is 3.12. The third-order valence-corrected chi connectivity index (χ3v) is 4.34. The number of imidazole rings is 2. The molecule has 0 aliphatic rings. The maximum absolute atomic E-state index is 13.0. The van der Waals surface area contributed by atoms with Gasteiger partial charge in [0, 0.05) is 30.2 Å². The number of nitrogens with zero attached hydrogens (tertiary/aromatic N) is 6. The van der Waals surface area contributed by atoms with Crippen LogP contribution in [0.4, 0.5) is 13.2 Å². The highest BCUT2D eigenvalue weighted by atomic mass is 32.1. The van der Waals surface area contributed by atoms with Gasteiger partial charge < -0.3 is 9.13 Å². The summed E-state index contributed by atoms with van der Waals surface area (Å²) < 4.78 is 41.8. The third-order valence-electron chi connectivity index (χ3n) is 3.57. The Balaban J connectivity index is 1.77. The van der Waals surface area contributed by atoms with Crippen LogP contribution in [0.1, 0.15) is 5.82 Å². The van der Waals surface area contributed by atoms with Gasteiger partial charge in [0.05, 0.1) is 6.54 Å². The maximum atomic E-state index is 13.0. The van der Waals surface area contributed by atoms with Crippen molar-refractivity contribution in [2.75, 3.05) is 0 Å². The molecule has 4 rings (SSSR count). The van der Waals surface area contributed by atoms with E-state index >= 15 is 0 Å². The summed E-state index contributed by atoms with van der Waals surface area (Å²) in [5.41, 5.74) is 0.642. The van der Waals surface area contributed by atoms with Gasteiger partial charge in [-0.15, -0.1) is 11.3 Å². The lowest BCUT2D eigenvalue weighted by Gasteiger charge is -2.12. The number of pyridine rings is 1. The van der Waals surface area contributed by atoms with E-state index in [0.29, 0.717) is 16.3 Å². The predicted molar refractivity (Wildman–Crippen MR) is 86.0 cm³/mol. The molecule has 0 N–H and O–H groups in total. The fourth-order valence-corrected chi connectivity index (χ4v) is 3.24. The maximum Gasteiger partial charge on any atom is 0.406 e. The second-order valence-electron chi connectivity index (χ2n) is 5.29. The molecule has 0 saturated carbocycles. The van der Waals surface area contributed by atoms with E-state index in [1.165, 1.54) is 17.5 Å². The van der Waals surface area contributed by atoms with Gasteiger partial charge in [0.2, 0.25) is 0 Å². The number of hydrogen-bond donors (Lipinski definition) is 0. The lowest BCUT2D eigenvalue weighted by atomic mass is 10.4. The van der Waals surface area contributed by atoms with Crippen LogP contribution in [0.25, 0.3) is 22.0 Å². The highest BCUT2D eigenvalue weighted by Gasteiger charge is 2.30. The number of hydrogen-bond acceptors (Lipinski definition) is 5. The first-order valence-corrected chi connectivity index (χ1v) is 8.17. The van der Waals surface area contributed by atoms with Gasteiger partial charge >= 0.3 is 6.18 Å². The normalized spacial score (nSPS) is 12.1. The van der Waals surface area contributed by atoms with Gasteiger partial charge in [0.1, 0.15) is 17.9 Å². The van der Waals surface area contributed by atoms with Crippen molar-refractivity contribution < 1.29 is 13.2 Å². The van der Waals surface area contributed by atoms with E-state index in [2.05, 4.69) is 19.9 Å². The van der Waals surface area contributed by atoms with Crippen molar-refractivity contribution in [2.24, 2.45) is 0 Å². The van der Waals surface area contributed by atoms with Crippen LogP contribution in [0.15, 0.2) is 42.3 Å². The van der Waals surface area contributed by atoms with Crippen LogP contribution < -0.4 is 0 Å². The zero-order valence-electron chi connectivity index (χ0n) is 12.7. The lowest BCUT2D eigenvalue weighted by Crippen LogP contribution is -2.21. The Kier molecular flexibility index (Phi) is 3.75. The minimum atomic E-state index is -4.37. The Labute approximate surface area is 143 Å². The summed E-state index contributed by atoms with van der Waals surface area (Å²) in [6, 6.07) is 3.30. The summed E-state index contributed by atoms with van der Waals surface area (Å²) in [4.78, 5) is 16.8. The Morgan fingerprint density at radius 3 is 2.72 bits per heavy atom. The van der Waals surface area contributed by atoms with E-state index in [1.54, 1.807) is 35.3 Å². The highest BCUT2D eigenvalue weighted by Crippen LogP contribution is 2.25. The molecule has 0 spiro atoms. The molecule has 0 aliphatic carbocycles. The molecule has 0 fully saturated rings. The number of thiazole rings is 1. The van der Waals surface area contributed by atoms with Crippen molar-refractivity contribution in [3.63, 3.8) is 0 Å². The molecule has 0 bridgehead atoms. The van der Waals surface area contributed by atoms with Crippen LogP contribution in [0.3, 0.4) is 0 Å². The Morgan fingerprint density at radius 2 is 1.96 bits per heavy atom. The summed E-state index contributed by atoms with van der Waals surface area (Å²) in [5, 5.41) is 2.51. The second kappa shape index (κ2) is 5.96. The number of halogens is 3. The molecule has 25 heavy (non-hydrogen) atoms. The summed E-state index contributed by atoms with van der Waals surface area (Å²) in [7, 11) is 0. The van der Waals surface area contributed by atoms with E-state index < -0.39 is 12.7 Å². The predicted octanol–water partition coefficient (Wildman–Crippen LogP) is 3.36. The quantitative estimate of drug-likeness (QED) is 0.557. The van der Waals surface area contributed by atoms with Crippen LogP contribution >= 0.6 is 11.3 Å². The van der Waals surface area contributed by atoms with Crippen LogP contribution in [0.5, 0.6) is 0 Å². The smallest absolute Gasteiger partial charge is 0.321 e. The Morgan fingerprint density at radius 1 is 1.08 bits per heavy atom. The molecule has 4 aromatic rings. The molecule has 0 saturated heterocycles. The minimum absolute atomic E-state index is 0.140. The van der Waals surface area contributed by atoms with Crippen LogP contribution in [0, 0.1) is 0 Å². The van der Waals surface area contributed by atoms with E-state index in [-0.39, 0.29) is 18.0 Å². The summed E-state index contributed by atoms with van der Waals surface area (Å²) in [5.74, 6) is 0.857. The fraction of sp³-hybridized carbons (Fsp3) is 0.200. The average Bonchev–Trinajstić information content (AvgIpc) is 3.27. The molecule has 0 aromatic carbocycles. The van der Waals surface area contributed by atoms with Crippen molar-refractivity contribution in [1.82, 2.24) is 29.1 Å². The first-order chi connectivity index (χ1) is 12.0. The van der Waals surface area contributed by atoms with Crippen LogP contribution in [0.2, 0.25) is 0 Å². The zero-order chi connectivity index (χ0) is 17.4. The molecule has 6 nitrogen and oxygen atoms in total. The van der Waals surface area contributed by atoms with Gasteiger partial charge in [0.25, 0.3) is 0 Å². The van der Waals surface area contributed by atoms with Gasteiger partial charge in [-0.25, -0.2) is 19.9 Å². The van der Waals surface area contributed by atoms with Gasteiger partial charge in [0.15, 0.2) is 16.5 Å². The van der Waals surface area contributed by atoms with Crippen molar-refractivity contribution in [2.45, 2.75) is 19.3 Å². The summed E-state index contributed by atoms with van der Waals surface area (Å²) in [6.07, 6.45) is 2.03. The summed E-state index contributed by atoms with van der Waals surface area (Å²) >= 11 is 1.41. The average molecular weight is 364 g/mol. The number of alkyl halides is 3. The Hall–Kier alpha value is -2.75. The molecule has 0 amide bonds. The number of fused-ring (bicyclic) bond motifs is 1. The molecular weight excluding hydrogens is 353 g/mol. The minimum Gasteiger partial charge on any atom is -0.321 e. The molecule has 0 aliphatic heterocycles. The molecule has 4 aromatic heterocycles. The highest BCUT2D eigenvalue weighted by molar-refractivity contribution is 7.13. The molecule has 0 unspecified atom stereocenters. The molecule has 128 valence electrons. The molecule has 0 atom stereocenters. The molecule has 4 heterocycles. The topological polar surface area (TPSA) is 61.4 Å². The van der Waals surface area contributed by atoms with Gasteiger partial charge in [-0.1, -0.05) is 0 Å². The van der Waals surface area contributed by atoms with Crippen LogP contribution in [-0.2, 0) is 13.1 Å². The number of rotatable bonds is 4. The SMILES string of the molecule is FC(F)(F)Cn1c(Cn2ccnc2-c2nccs2)nc2cccnc21. The monoisotopic (exact) mass is 364 g/mol. The first-order valence-electron chi connectivity index (χ1n) is 7.29. The van der Waals surface area contributed by atoms with Crippen LogP contribution in [-0.4, -0.2) is 35.2 Å². The fourth-order valence-electron chi connectivity index (χ4n) is 2.59. The van der Waals surface area contributed by atoms with Gasteiger partial charge in [-0.3, -0.25) is 0 Å². The number of aromatic nitrogens is 6. The molecule has 0 radical (unpaired) electrons. The lowest BCUT2D eigenvalue weighted by molar-refractivity contribution is -0.140. The van der Waals surface area contributed by atoms with Crippen molar-refractivity contribution in [3.8, 4) is 10.8 Å². The van der Waals surface area contributed by atoms with Crippen molar-refractivity contribution in [1.29, 1.82) is 0 Å².